The van der Waals surface area contributed by atoms with E-state index >= 15 is 0 Å². The molecule has 0 aromatic heterocycles. The first-order valence-electron chi connectivity index (χ1n) is 16.7. The molecule has 0 aliphatic heterocycles. The highest BCUT2D eigenvalue weighted by atomic mass is 31.2. The van der Waals surface area contributed by atoms with Crippen molar-refractivity contribution in [3.63, 3.8) is 0 Å². The van der Waals surface area contributed by atoms with Gasteiger partial charge in [0.25, 0.3) is 0 Å². The van der Waals surface area contributed by atoms with Crippen LogP contribution >= 0.6 is 7.82 Å². The molecular formula is C32H66NO7P. The summed E-state index contributed by atoms with van der Waals surface area (Å²) in [6.07, 6.45) is 31.3. The summed E-state index contributed by atoms with van der Waals surface area (Å²) in [6, 6.07) is 0. The van der Waals surface area contributed by atoms with Crippen molar-refractivity contribution in [2.75, 3.05) is 40.1 Å². The van der Waals surface area contributed by atoms with Gasteiger partial charge in [0.05, 0.1) is 32.5 Å². The van der Waals surface area contributed by atoms with Crippen molar-refractivity contribution in [2.24, 2.45) is 5.73 Å². The second-order valence-electron chi connectivity index (χ2n) is 11.3. The molecule has 0 saturated heterocycles. The Morgan fingerprint density at radius 2 is 1.20 bits per heavy atom. The smallest absolute Gasteiger partial charge is 0.388 e. The highest BCUT2D eigenvalue weighted by Crippen LogP contribution is 2.42. The molecule has 0 aromatic rings. The van der Waals surface area contributed by atoms with E-state index in [0.29, 0.717) is 6.61 Å². The zero-order chi connectivity index (χ0) is 30.3. The van der Waals surface area contributed by atoms with E-state index in [9.17, 15) is 14.6 Å². The lowest BCUT2D eigenvalue weighted by Crippen LogP contribution is -2.26. The standard InChI is InChI=1S/C32H66NO7P/c1-3-4-5-6-7-8-9-10-11-12-13-14-15-16-17-18-19-20-21-22-23-24-25-32(37-2)30-38-28-31(34)29-40-41(35,36)39-27-26-33/h8-9,31-32,34H,3-7,10-30,33H2,1-2H3,(H,35,36)/b9-8-/t31-,32?/m1/s1. The first kappa shape index (κ1) is 40.7. The Labute approximate surface area is 252 Å². The van der Waals surface area contributed by atoms with E-state index in [2.05, 4.69) is 23.6 Å². The Morgan fingerprint density at radius 3 is 1.68 bits per heavy atom. The molecular weight excluding hydrogens is 541 g/mol. The van der Waals surface area contributed by atoms with Crippen LogP contribution in [0.1, 0.15) is 142 Å². The number of hydrogen-bond donors (Lipinski definition) is 3. The Hall–Kier alpha value is -0.310. The van der Waals surface area contributed by atoms with Crippen molar-refractivity contribution in [1.82, 2.24) is 0 Å². The summed E-state index contributed by atoms with van der Waals surface area (Å²) in [5.74, 6) is 0. The number of ether oxygens (including phenoxy) is 2. The van der Waals surface area contributed by atoms with E-state index in [1.807, 2.05) is 0 Å². The maximum Gasteiger partial charge on any atom is 0.472 e. The van der Waals surface area contributed by atoms with Gasteiger partial charge in [-0.1, -0.05) is 122 Å². The van der Waals surface area contributed by atoms with Gasteiger partial charge >= 0.3 is 7.82 Å². The normalized spacial score (nSPS) is 15.0. The van der Waals surface area contributed by atoms with E-state index in [1.54, 1.807) is 7.11 Å². The first-order chi connectivity index (χ1) is 19.9. The number of nitrogens with two attached hydrogens (primary N) is 1. The van der Waals surface area contributed by atoms with Crippen LogP contribution < -0.4 is 5.73 Å². The van der Waals surface area contributed by atoms with Gasteiger partial charge in [-0.2, -0.15) is 0 Å². The molecule has 0 fully saturated rings. The molecule has 0 spiro atoms. The third-order valence-corrected chi connectivity index (χ3v) is 8.27. The maximum atomic E-state index is 11.6. The minimum atomic E-state index is -4.19. The monoisotopic (exact) mass is 607 g/mol. The molecule has 9 heteroatoms. The van der Waals surface area contributed by atoms with Crippen molar-refractivity contribution in [3.8, 4) is 0 Å². The van der Waals surface area contributed by atoms with Crippen molar-refractivity contribution in [2.45, 2.75) is 154 Å². The first-order valence-corrected chi connectivity index (χ1v) is 18.2. The molecule has 0 aliphatic rings. The highest BCUT2D eigenvalue weighted by molar-refractivity contribution is 7.47. The number of hydrogen-bond acceptors (Lipinski definition) is 7. The van der Waals surface area contributed by atoms with Gasteiger partial charge in [0.2, 0.25) is 0 Å². The zero-order valence-electron chi connectivity index (χ0n) is 26.7. The molecule has 8 nitrogen and oxygen atoms in total. The molecule has 41 heavy (non-hydrogen) atoms. The van der Waals surface area contributed by atoms with E-state index in [-0.39, 0.29) is 32.5 Å². The van der Waals surface area contributed by atoms with Gasteiger partial charge in [-0.15, -0.1) is 0 Å². The molecule has 0 radical (unpaired) electrons. The average molecular weight is 608 g/mol. The minimum Gasteiger partial charge on any atom is -0.388 e. The second kappa shape index (κ2) is 31.1. The lowest BCUT2D eigenvalue weighted by molar-refractivity contribution is -0.0386. The molecule has 246 valence electrons. The number of phosphoric ester groups is 1. The summed E-state index contributed by atoms with van der Waals surface area (Å²) >= 11 is 0. The molecule has 0 saturated carbocycles. The Morgan fingerprint density at radius 1 is 0.707 bits per heavy atom. The summed E-state index contributed by atoms with van der Waals surface area (Å²) in [5, 5.41) is 9.88. The lowest BCUT2D eigenvalue weighted by Gasteiger charge is -2.18. The van der Waals surface area contributed by atoms with Crippen LogP contribution in [0.25, 0.3) is 0 Å². The van der Waals surface area contributed by atoms with E-state index in [0.717, 1.165) is 12.8 Å². The van der Waals surface area contributed by atoms with Crippen molar-refractivity contribution in [3.05, 3.63) is 12.2 Å². The Kier molecular flexibility index (Phi) is 30.9. The number of rotatable bonds is 33. The Balaban J connectivity index is 3.43. The number of aliphatic hydroxyl groups excluding tert-OH is 1. The van der Waals surface area contributed by atoms with Gasteiger partial charge in [0, 0.05) is 13.7 Å². The Bertz CT molecular complexity index is 609. The summed E-state index contributed by atoms with van der Waals surface area (Å²) in [6.45, 7) is 2.29. The van der Waals surface area contributed by atoms with Crippen molar-refractivity contribution in [1.29, 1.82) is 0 Å². The van der Waals surface area contributed by atoms with Crippen molar-refractivity contribution >= 4 is 7.82 Å². The summed E-state index contributed by atoms with van der Waals surface area (Å²) in [7, 11) is -2.52. The highest BCUT2D eigenvalue weighted by Gasteiger charge is 2.22. The number of methoxy groups -OCH3 is 1. The average Bonchev–Trinajstić information content (AvgIpc) is 2.96. The van der Waals surface area contributed by atoms with Crippen LogP contribution in [0.2, 0.25) is 0 Å². The fraction of sp³-hybridized carbons (Fsp3) is 0.938. The van der Waals surface area contributed by atoms with Gasteiger partial charge in [0.15, 0.2) is 0 Å². The predicted molar refractivity (Wildman–Crippen MR) is 170 cm³/mol. The van der Waals surface area contributed by atoms with Gasteiger partial charge in [-0.3, -0.25) is 9.05 Å². The number of unbranched alkanes of at least 4 members (excludes halogenated alkanes) is 18. The lowest BCUT2D eigenvalue weighted by atomic mass is 10.0. The molecule has 0 aliphatic carbocycles. The molecule has 0 aromatic carbocycles. The summed E-state index contributed by atoms with van der Waals surface area (Å²) in [5.41, 5.74) is 5.22. The van der Waals surface area contributed by atoms with Crippen LogP contribution in [-0.2, 0) is 23.1 Å². The molecule has 0 rings (SSSR count). The van der Waals surface area contributed by atoms with E-state index in [4.69, 9.17) is 19.7 Å². The maximum absolute atomic E-state index is 11.6. The number of allylic oxidation sites excluding steroid dienone is 2. The minimum absolute atomic E-state index is 0.00603. The fourth-order valence-electron chi connectivity index (χ4n) is 4.72. The van der Waals surface area contributed by atoms with Crippen LogP contribution in [0.3, 0.4) is 0 Å². The number of aliphatic hydroxyl groups is 1. The molecule has 2 unspecified atom stereocenters. The van der Waals surface area contributed by atoms with Crippen LogP contribution in [-0.4, -0.2) is 62.3 Å². The third kappa shape index (κ3) is 30.9. The SMILES string of the molecule is CCCCCC/C=C\CCCCCCCCCCCCCCCCC(COC[C@@H](O)COP(=O)(O)OCCN)OC. The van der Waals surface area contributed by atoms with E-state index in [1.165, 1.54) is 122 Å². The molecule has 0 amide bonds. The predicted octanol–water partition coefficient (Wildman–Crippen LogP) is 8.24. The van der Waals surface area contributed by atoms with Crippen LogP contribution in [0, 0.1) is 0 Å². The van der Waals surface area contributed by atoms with Gasteiger partial charge in [-0.25, -0.2) is 4.57 Å². The van der Waals surface area contributed by atoms with Crippen LogP contribution in [0.4, 0.5) is 0 Å². The fourth-order valence-corrected chi connectivity index (χ4v) is 5.49. The quantitative estimate of drug-likeness (QED) is 0.0388. The molecule has 0 heterocycles. The molecule has 3 atom stereocenters. The summed E-state index contributed by atoms with van der Waals surface area (Å²) in [4.78, 5) is 9.43. The second-order valence-corrected chi connectivity index (χ2v) is 12.7. The number of phosphoric acid groups is 1. The summed E-state index contributed by atoms with van der Waals surface area (Å²) < 4.78 is 31.9. The van der Waals surface area contributed by atoms with Gasteiger partial charge in [0.1, 0.15) is 6.10 Å². The van der Waals surface area contributed by atoms with Crippen molar-refractivity contribution < 1.29 is 33.1 Å². The van der Waals surface area contributed by atoms with Gasteiger partial charge < -0.3 is 25.2 Å². The molecule has 0 bridgehead atoms. The third-order valence-electron chi connectivity index (χ3n) is 7.29. The molecule has 4 N–H and O–H groups in total. The van der Waals surface area contributed by atoms with E-state index < -0.39 is 13.9 Å². The van der Waals surface area contributed by atoms with Crippen LogP contribution in [0.5, 0.6) is 0 Å². The zero-order valence-corrected chi connectivity index (χ0v) is 27.5. The van der Waals surface area contributed by atoms with Crippen LogP contribution in [0.15, 0.2) is 12.2 Å². The van der Waals surface area contributed by atoms with Gasteiger partial charge in [-0.05, 0) is 32.1 Å². The topological polar surface area (TPSA) is 120 Å². The largest absolute Gasteiger partial charge is 0.472 e.